The van der Waals surface area contributed by atoms with Gasteiger partial charge in [0.05, 0.1) is 11.4 Å². The fraction of sp³-hybridized carbons (Fsp3) is 0. The smallest absolute Gasteiger partial charge is 0.137 e. The third-order valence-electron chi connectivity index (χ3n) is 12.7. The topological polar surface area (TPSA) is 32.3 Å². The van der Waals surface area contributed by atoms with E-state index in [-0.39, 0.29) is 0 Å². The van der Waals surface area contributed by atoms with E-state index in [4.69, 9.17) is 9.97 Å². The van der Waals surface area contributed by atoms with Crippen LogP contribution in [0.15, 0.2) is 255 Å². The Bertz CT molecular complexity index is 3300. The molecule has 66 heavy (non-hydrogen) atoms. The van der Waals surface area contributed by atoms with Crippen molar-refractivity contribution < 1.29 is 0 Å². The molecule has 4 heteroatoms. The van der Waals surface area contributed by atoms with Gasteiger partial charge < -0.3 is 0 Å². The van der Waals surface area contributed by atoms with Gasteiger partial charge in [-0.15, -0.1) is 0 Å². The average molecular weight is 843 g/mol. The largest absolute Gasteiger partial charge is 0.294 e. The predicted molar refractivity (Wildman–Crippen MR) is 277 cm³/mol. The average Bonchev–Trinajstić information content (AvgIpc) is 3.40. The molecule has 10 aromatic carbocycles. The number of anilines is 6. The Balaban J connectivity index is 1.27. The lowest BCUT2D eigenvalue weighted by molar-refractivity contribution is 1.19. The Labute approximate surface area is 384 Å². The fourth-order valence-corrected chi connectivity index (χ4v) is 9.86. The summed E-state index contributed by atoms with van der Waals surface area (Å²) in [7, 11) is 0. The number of rotatable bonds is 10. The number of hydrogen-bond donors (Lipinski definition) is 0. The van der Waals surface area contributed by atoms with Gasteiger partial charge in [0.1, 0.15) is 11.6 Å². The van der Waals surface area contributed by atoms with Crippen LogP contribution in [-0.2, 0) is 0 Å². The zero-order chi connectivity index (χ0) is 43.8. The molecule has 0 N–H and O–H groups in total. The molecule has 2 heterocycles. The summed E-state index contributed by atoms with van der Waals surface area (Å²) in [5, 5.41) is 6.97. The van der Waals surface area contributed by atoms with Crippen molar-refractivity contribution in [2.75, 3.05) is 9.80 Å². The normalized spacial score (nSPS) is 11.3. The summed E-state index contributed by atoms with van der Waals surface area (Å²) in [5.41, 5.74) is 13.4. The fourth-order valence-electron chi connectivity index (χ4n) is 9.86. The first-order valence-electron chi connectivity index (χ1n) is 22.4. The Morgan fingerprint density at radius 1 is 0.258 bits per heavy atom. The van der Waals surface area contributed by atoms with E-state index in [9.17, 15) is 0 Å². The van der Waals surface area contributed by atoms with E-state index in [0.29, 0.717) is 0 Å². The van der Waals surface area contributed by atoms with Gasteiger partial charge in [0, 0.05) is 45.3 Å². The third-order valence-corrected chi connectivity index (χ3v) is 12.7. The first kappa shape index (κ1) is 38.8. The molecule has 0 aliphatic rings. The molecule has 0 radical (unpaired) electrons. The predicted octanol–water partition coefficient (Wildman–Crippen LogP) is 17.0. The molecule has 0 saturated carbocycles. The van der Waals surface area contributed by atoms with E-state index in [1.807, 2.05) is 24.5 Å². The van der Waals surface area contributed by atoms with Gasteiger partial charge in [-0.3, -0.25) is 9.80 Å². The monoisotopic (exact) mass is 842 g/mol. The van der Waals surface area contributed by atoms with E-state index in [2.05, 4.69) is 240 Å². The first-order valence-corrected chi connectivity index (χ1v) is 22.4. The quantitative estimate of drug-likeness (QED) is 0.128. The van der Waals surface area contributed by atoms with Gasteiger partial charge in [-0.05, 0) is 116 Å². The summed E-state index contributed by atoms with van der Waals surface area (Å²) in [6, 6.07) is 86.8. The molecule has 310 valence electrons. The number of hydrogen-bond acceptors (Lipinski definition) is 4. The zero-order valence-electron chi connectivity index (χ0n) is 36.0. The van der Waals surface area contributed by atoms with Crippen LogP contribution in [-0.4, -0.2) is 9.97 Å². The molecule has 0 amide bonds. The Kier molecular flexibility index (Phi) is 9.81. The second-order valence-corrected chi connectivity index (χ2v) is 16.5. The van der Waals surface area contributed by atoms with E-state index in [1.165, 1.54) is 43.8 Å². The number of para-hydroxylation sites is 2. The van der Waals surface area contributed by atoms with Crippen molar-refractivity contribution in [1.82, 2.24) is 9.97 Å². The number of pyridine rings is 2. The maximum Gasteiger partial charge on any atom is 0.137 e. The SMILES string of the molecule is c1ccc(-c2ccccc2-c2cc(N(c3ccccc3)c3ccccn3)c3ccc4c(-c5ccccc5-c5ccccc5)cc(N(c5ccccc5)c5ccccn5)c5ccc2c3c45)cc1. The molecule has 0 fully saturated rings. The summed E-state index contributed by atoms with van der Waals surface area (Å²) < 4.78 is 0. The first-order chi connectivity index (χ1) is 32.8. The van der Waals surface area contributed by atoms with Gasteiger partial charge in [-0.25, -0.2) is 9.97 Å². The minimum absolute atomic E-state index is 0.838. The lowest BCUT2D eigenvalue weighted by Crippen LogP contribution is -2.13. The van der Waals surface area contributed by atoms with Crippen molar-refractivity contribution in [1.29, 1.82) is 0 Å². The van der Waals surface area contributed by atoms with E-state index < -0.39 is 0 Å². The van der Waals surface area contributed by atoms with Gasteiger partial charge in [-0.1, -0.05) is 182 Å². The van der Waals surface area contributed by atoms with E-state index in [0.717, 1.165) is 67.4 Å². The molecule has 0 aliphatic heterocycles. The number of nitrogens with zero attached hydrogens (tertiary/aromatic N) is 4. The van der Waals surface area contributed by atoms with E-state index >= 15 is 0 Å². The molecular formula is C62H42N4. The van der Waals surface area contributed by atoms with Crippen molar-refractivity contribution >= 4 is 66.7 Å². The highest BCUT2D eigenvalue weighted by molar-refractivity contribution is 6.32. The third kappa shape index (κ3) is 6.72. The van der Waals surface area contributed by atoms with Crippen molar-refractivity contribution in [2.45, 2.75) is 0 Å². The molecule has 0 spiro atoms. The van der Waals surface area contributed by atoms with Crippen LogP contribution in [0.3, 0.4) is 0 Å². The Morgan fingerprint density at radius 3 is 0.970 bits per heavy atom. The Morgan fingerprint density at radius 2 is 0.591 bits per heavy atom. The molecule has 2 aromatic heterocycles. The van der Waals surface area contributed by atoms with Gasteiger partial charge in [0.15, 0.2) is 0 Å². The van der Waals surface area contributed by atoms with Crippen molar-refractivity contribution in [3.05, 3.63) is 255 Å². The highest BCUT2D eigenvalue weighted by Gasteiger charge is 2.27. The van der Waals surface area contributed by atoms with Crippen LogP contribution < -0.4 is 9.80 Å². The number of benzene rings is 10. The lowest BCUT2D eigenvalue weighted by Gasteiger charge is -2.30. The summed E-state index contributed by atoms with van der Waals surface area (Å²) >= 11 is 0. The maximum absolute atomic E-state index is 5.02. The van der Waals surface area contributed by atoms with E-state index in [1.54, 1.807) is 0 Å². The highest BCUT2D eigenvalue weighted by atomic mass is 15.2. The molecule has 12 aromatic rings. The maximum atomic E-state index is 5.02. The van der Waals surface area contributed by atoms with Gasteiger partial charge >= 0.3 is 0 Å². The second kappa shape index (κ2) is 16.7. The molecule has 4 nitrogen and oxygen atoms in total. The molecule has 0 aliphatic carbocycles. The minimum atomic E-state index is 0.838. The molecular weight excluding hydrogens is 801 g/mol. The van der Waals surface area contributed by atoms with Crippen LogP contribution in [0.1, 0.15) is 0 Å². The van der Waals surface area contributed by atoms with Gasteiger partial charge in [0.2, 0.25) is 0 Å². The van der Waals surface area contributed by atoms with Crippen molar-refractivity contribution in [2.24, 2.45) is 0 Å². The number of aromatic nitrogens is 2. The van der Waals surface area contributed by atoms with Gasteiger partial charge in [0.25, 0.3) is 0 Å². The molecule has 0 atom stereocenters. The highest BCUT2D eigenvalue weighted by Crippen LogP contribution is 2.53. The van der Waals surface area contributed by atoms with Crippen LogP contribution in [0.5, 0.6) is 0 Å². The molecule has 0 saturated heterocycles. The molecule has 0 bridgehead atoms. The summed E-state index contributed by atoms with van der Waals surface area (Å²) in [5.74, 6) is 1.68. The van der Waals surface area contributed by atoms with Crippen LogP contribution in [0, 0.1) is 0 Å². The van der Waals surface area contributed by atoms with Crippen molar-refractivity contribution in [3.8, 4) is 44.5 Å². The molecule has 12 rings (SSSR count). The Hall–Kier alpha value is -8.86. The lowest BCUT2D eigenvalue weighted by atomic mass is 9.83. The summed E-state index contributed by atoms with van der Waals surface area (Å²) in [6.07, 6.45) is 3.76. The minimum Gasteiger partial charge on any atom is -0.294 e. The summed E-state index contributed by atoms with van der Waals surface area (Å²) in [6.45, 7) is 0. The van der Waals surface area contributed by atoms with Crippen LogP contribution in [0.25, 0.3) is 76.8 Å². The standard InChI is InChI=1S/C62H42N4/c1-5-21-43(22-6-1)47-29-13-15-31-49(47)55-41-57(65(45-25-9-3-10-26-45)59-33-17-19-39-63-59)53-38-36-52-56(50-32-16-14-30-48(50)44-23-7-2-8-24-44)42-58(54-37-35-51(55)61(53)62(52)54)66(46-27-11-4-12-28-46)60-34-18-20-40-64-60/h1-42H. The van der Waals surface area contributed by atoms with Crippen LogP contribution in [0.2, 0.25) is 0 Å². The van der Waals surface area contributed by atoms with Gasteiger partial charge in [-0.2, -0.15) is 0 Å². The zero-order valence-corrected chi connectivity index (χ0v) is 36.0. The van der Waals surface area contributed by atoms with Crippen LogP contribution in [0.4, 0.5) is 34.4 Å². The summed E-state index contributed by atoms with van der Waals surface area (Å²) in [4.78, 5) is 14.7. The second-order valence-electron chi connectivity index (χ2n) is 16.5. The van der Waals surface area contributed by atoms with Crippen molar-refractivity contribution in [3.63, 3.8) is 0 Å². The molecule has 0 unspecified atom stereocenters. The van der Waals surface area contributed by atoms with Crippen LogP contribution >= 0.6 is 0 Å².